The van der Waals surface area contributed by atoms with Gasteiger partial charge in [-0.2, -0.15) is 4.98 Å². The minimum Gasteiger partial charge on any atom is -0.496 e. The van der Waals surface area contributed by atoms with Gasteiger partial charge in [-0.3, -0.25) is 9.88 Å². The van der Waals surface area contributed by atoms with Gasteiger partial charge in [-0.1, -0.05) is 23.4 Å². The molecule has 1 fully saturated rings. The molecule has 174 valence electrons. The number of nitrogens with zero attached hydrogens (tertiary/aromatic N) is 5. The molecule has 0 saturated carbocycles. The third-order valence-corrected chi connectivity index (χ3v) is 6.14. The Morgan fingerprint density at radius 2 is 2.03 bits per heavy atom. The number of unbranched alkanes of at least 4 members (excludes halogenated alkanes) is 1. The maximum atomic E-state index is 6.46. The lowest BCUT2D eigenvalue weighted by Crippen LogP contribution is -2.36. The second-order valence-corrected chi connectivity index (χ2v) is 8.51. The third kappa shape index (κ3) is 5.22. The Hall–Kier alpha value is -2.86. The number of hydrogen-bond donors (Lipinski definition) is 1. The van der Waals surface area contributed by atoms with E-state index in [0.717, 1.165) is 73.8 Å². The molecule has 33 heavy (non-hydrogen) atoms. The summed E-state index contributed by atoms with van der Waals surface area (Å²) in [4.78, 5) is 15.6. The smallest absolute Gasteiger partial charge is 0.223 e. The molecular formula is C24H29ClN6O2. The molecule has 0 atom stereocenters. The van der Waals surface area contributed by atoms with Crippen molar-refractivity contribution < 1.29 is 9.47 Å². The number of methoxy groups -OCH3 is 1. The zero-order valence-corrected chi connectivity index (χ0v) is 20.1. The Balaban J connectivity index is 1.59. The first-order valence-corrected chi connectivity index (χ1v) is 11.5. The first-order valence-electron chi connectivity index (χ1n) is 11.1. The molecule has 4 rings (SSSR count). The molecule has 8 nitrogen and oxygen atoms in total. The third-order valence-electron chi connectivity index (χ3n) is 5.86. The van der Waals surface area contributed by atoms with Crippen LogP contribution in [0.3, 0.4) is 0 Å². The van der Waals surface area contributed by atoms with E-state index < -0.39 is 0 Å². The van der Waals surface area contributed by atoms with Crippen LogP contribution in [0.4, 0.5) is 5.95 Å². The number of aryl methyl sites for hydroxylation is 1. The second kappa shape index (κ2) is 10.4. The average molecular weight is 469 g/mol. The number of fused-ring (bicyclic) bond motifs is 1. The Bertz CT molecular complexity index is 1210. The Morgan fingerprint density at radius 3 is 2.79 bits per heavy atom. The summed E-state index contributed by atoms with van der Waals surface area (Å²) in [5.74, 6) is 7.53. The number of rotatable bonds is 6. The van der Waals surface area contributed by atoms with Gasteiger partial charge in [0.25, 0.3) is 0 Å². The number of hydrogen-bond acceptors (Lipinski definition) is 7. The molecule has 0 radical (unpaired) electrons. The summed E-state index contributed by atoms with van der Waals surface area (Å²) in [6, 6.07) is 0. The molecule has 0 bridgehead atoms. The summed E-state index contributed by atoms with van der Waals surface area (Å²) >= 11 is 6.46. The van der Waals surface area contributed by atoms with E-state index in [4.69, 9.17) is 26.8 Å². The van der Waals surface area contributed by atoms with Crippen LogP contribution in [0.5, 0.6) is 5.75 Å². The van der Waals surface area contributed by atoms with Crippen molar-refractivity contribution in [3.63, 3.8) is 0 Å². The van der Waals surface area contributed by atoms with Gasteiger partial charge in [-0.25, -0.2) is 4.98 Å². The summed E-state index contributed by atoms with van der Waals surface area (Å²) < 4.78 is 12.9. The maximum Gasteiger partial charge on any atom is 0.223 e. The highest BCUT2D eigenvalue weighted by atomic mass is 35.5. The number of aromatic nitrogens is 4. The van der Waals surface area contributed by atoms with Crippen LogP contribution >= 0.6 is 11.6 Å². The van der Waals surface area contributed by atoms with Gasteiger partial charge in [0.1, 0.15) is 16.5 Å². The fourth-order valence-corrected chi connectivity index (χ4v) is 4.41. The number of ether oxygens (including phenoxy) is 2. The molecule has 0 spiro atoms. The van der Waals surface area contributed by atoms with Crippen LogP contribution in [0.1, 0.15) is 35.2 Å². The fourth-order valence-electron chi connectivity index (χ4n) is 4.14. The molecule has 2 N–H and O–H groups in total. The molecule has 3 aromatic heterocycles. The van der Waals surface area contributed by atoms with E-state index >= 15 is 0 Å². The number of nitrogens with two attached hydrogens (primary N) is 1. The van der Waals surface area contributed by atoms with E-state index in [1.807, 2.05) is 30.8 Å². The molecule has 1 aliphatic heterocycles. The zero-order chi connectivity index (χ0) is 23.4. The second-order valence-electron chi connectivity index (χ2n) is 8.15. The van der Waals surface area contributed by atoms with Crippen molar-refractivity contribution >= 4 is 28.6 Å². The highest BCUT2D eigenvalue weighted by molar-refractivity contribution is 6.34. The van der Waals surface area contributed by atoms with E-state index in [1.165, 1.54) is 0 Å². The van der Waals surface area contributed by atoms with Crippen LogP contribution in [0.2, 0.25) is 5.15 Å². The van der Waals surface area contributed by atoms with Gasteiger partial charge >= 0.3 is 0 Å². The predicted molar refractivity (Wildman–Crippen MR) is 130 cm³/mol. The lowest BCUT2D eigenvalue weighted by Gasteiger charge is -2.26. The van der Waals surface area contributed by atoms with Gasteiger partial charge in [0.05, 0.1) is 43.5 Å². The van der Waals surface area contributed by atoms with Crippen LogP contribution in [0, 0.1) is 25.7 Å². The minimum atomic E-state index is 0.128. The van der Waals surface area contributed by atoms with Crippen molar-refractivity contribution in [2.45, 2.75) is 33.2 Å². The van der Waals surface area contributed by atoms with Gasteiger partial charge < -0.3 is 19.8 Å². The highest BCUT2D eigenvalue weighted by Crippen LogP contribution is 2.29. The molecule has 0 aliphatic carbocycles. The summed E-state index contributed by atoms with van der Waals surface area (Å²) in [5.41, 5.74) is 10.2. The first kappa shape index (κ1) is 23.3. The maximum absolute atomic E-state index is 6.46. The molecular weight excluding hydrogens is 440 g/mol. The van der Waals surface area contributed by atoms with Crippen LogP contribution in [0.15, 0.2) is 12.4 Å². The fraction of sp³-hybridized carbons (Fsp3) is 0.458. The largest absolute Gasteiger partial charge is 0.496 e. The van der Waals surface area contributed by atoms with Crippen molar-refractivity contribution in [1.82, 2.24) is 24.4 Å². The van der Waals surface area contributed by atoms with Crippen molar-refractivity contribution in [2.24, 2.45) is 0 Å². The van der Waals surface area contributed by atoms with Crippen LogP contribution < -0.4 is 10.5 Å². The molecule has 0 aromatic carbocycles. The standard InChI is InChI=1S/C24H29ClN6O2/c1-16-13-27-19(17(2)21(16)32-3)15-31-14-18(20-22(25)28-24(26)29-23(20)31)7-5-4-6-8-30-9-11-33-12-10-30/h13-14H,4,6,8-12,15H2,1-3H3,(H2,26,28,29). The van der Waals surface area contributed by atoms with Gasteiger partial charge in [-0.15, -0.1) is 0 Å². The Morgan fingerprint density at radius 1 is 1.24 bits per heavy atom. The number of morpholine rings is 1. The van der Waals surface area contributed by atoms with E-state index in [-0.39, 0.29) is 5.95 Å². The van der Waals surface area contributed by atoms with E-state index in [9.17, 15) is 0 Å². The number of pyridine rings is 1. The van der Waals surface area contributed by atoms with Crippen molar-refractivity contribution in [3.8, 4) is 17.6 Å². The van der Waals surface area contributed by atoms with E-state index in [0.29, 0.717) is 22.7 Å². The van der Waals surface area contributed by atoms with Crippen molar-refractivity contribution in [2.75, 3.05) is 45.7 Å². The molecule has 0 unspecified atom stereocenters. The Kier molecular flexibility index (Phi) is 7.33. The summed E-state index contributed by atoms with van der Waals surface area (Å²) in [6.45, 7) is 9.12. The summed E-state index contributed by atoms with van der Waals surface area (Å²) in [5, 5.41) is 1.02. The normalized spacial score (nSPS) is 14.3. The van der Waals surface area contributed by atoms with Crippen LogP contribution in [-0.2, 0) is 11.3 Å². The Labute approximate surface area is 199 Å². The first-order chi connectivity index (χ1) is 16.0. The number of halogens is 1. The van der Waals surface area contributed by atoms with E-state index in [2.05, 4.69) is 31.7 Å². The van der Waals surface area contributed by atoms with Crippen LogP contribution in [-0.4, -0.2) is 64.4 Å². The van der Waals surface area contributed by atoms with Crippen molar-refractivity contribution in [1.29, 1.82) is 0 Å². The monoisotopic (exact) mass is 468 g/mol. The topological polar surface area (TPSA) is 91.3 Å². The molecule has 3 aromatic rings. The van der Waals surface area contributed by atoms with Crippen molar-refractivity contribution in [3.05, 3.63) is 39.9 Å². The van der Waals surface area contributed by atoms with E-state index in [1.54, 1.807) is 7.11 Å². The quantitative estimate of drug-likeness (QED) is 0.337. The van der Waals surface area contributed by atoms with Gasteiger partial charge in [0.2, 0.25) is 5.95 Å². The number of anilines is 1. The summed E-state index contributed by atoms with van der Waals surface area (Å²) in [7, 11) is 1.67. The lowest BCUT2D eigenvalue weighted by molar-refractivity contribution is 0.0376. The highest BCUT2D eigenvalue weighted by Gasteiger charge is 2.17. The number of nitrogen functional groups attached to an aromatic ring is 1. The minimum absolute atomic E-state index is 0.128. The van der Waals surface area contributed by atoms with Gasteiger partial charge in [-0.05, 0) is 26.8 Å². The average Bonchev–Trinajstić information content (AvgIpc) is 3.14. The SMILES string of the molecule is COc1c(C)cnc(Cn2cc(C#CCCCN3CCOCC3)c3c(Cl)nc(N)nc32)c1C. The van der Waals surface area contributed by atoms with Gasteiger partial charge in [0, 0.05) is 43.0 Å². The summed E-state index contributed by atoms with van der Waals surface area (Å²) in [6.07, 6.45) is 5.58. The molecule has 1 aliphatic rings. The van der Waals surface area contributed by atoms with Crippen LogP contribution in [0.25, 0.3) is 11.0 Å². The molecule has 0 amide bonds. The zero-order valence-electron chi connectivity index (χ0n) is 19.3. The predicted octanol–water partition coefficient (Wildman–Crippen LogP) is 3.20. The molecule has 4 heterocycles. The lowest BCUT2D eigenvalue weighted by atomic mass is 10.1. The van der Waals surface area contributed by atoms with Gasteiger partial charge in [0.15, 0.2) is 0 Å². The molecule has 9 heteroatoms. The molecule has 1 saturated heterocycles.